The fraction of sp³-hybridized carbons (Fsp3) is 0.111. The first kappa shape index (κ1) is 12.3. The molecule has 0 saturated heterocycles. The fourth-order valence-electron chi connectivity index (χ4n) is 3.06. The summed E-state index contributed by atoms with van der Waals surface area (Å²) in [5.41, 5.74) is 3.08. The minimum atomic E-state index is -0.806. The van der Waals surface area contributed by atoms with E-state index in [0.29, 0.717) is 0 Å². The topological polar surface area (TPSA) is 12.0 Å². The van der Waals surface area contributed by atoms with Gasteiger partial charge >= 0.3 is 0 Å². The van der Waals surface area contributed by atoms with Gasteiger partial charge in [0.15, 0.2) is 11.6 Å². The van der Waals surface area contributed by atoms with Crippen LogP contribution in [0.25, 0.3) is 10.8 Å². The van der Waals surface area contributed by atoms with Crippen molar-refractivity contribution in [2.24, 2.45) is 0 Å². The third kappa shape index (κ3) is 1.97. The lowest BCUT2D eigenvalue weighted by molar-refractivity contribution is 0.506. The normalized spacial score (nSPS) is 16.8. The van der Waals surface area contributed by atoms with Gasteiger partial charge in [-0.05, 0) is 46.5 Å². The molecule has 1 unspecified atom stereocenters. The first-order valence-electron chi connectivity index (χ1n) is 6.94. The number of anilines is 1. The second kappa shape index (κ2) is 4.55. The summed E-state index contributed by atoms with van der Waals surface area (Å²) >= 11 is 0. The molecule has 0 saturated carbocycles. The Morgan fingerprint density at radius 2 is 1.76 bits per heavy atom. The monoisotopic (exact) mass is 281 g/mol. The van der Waals surface area contributed by atoms with Gasteiger partial charge in [0.25, 0.3) is 0 Å². The average molecular weight is 281 g/mol. The van der Waals surface area contributed by atoms with Crippen molar-refractivity contribution in [3.05, 3.63) is 77.4 Å². The Balaban J connectivity index is 1.76. The number of nitrogens with one attached hydrogen (secondary N) is 1. The molecule has 0 aromatic heterocycles. The number of fused-ring (bicyclic) bond motifs is 3. The molecule has 0 aliphatic carbocycles. The first-order chi connectivity index (χ1) is 10.2. The standard InChI is InChI=1S/C18H13F2N/c19-15-7-5-12(9-16(15)20)18-10-14-13-4-2-1-3-11(13)6-8-17(14)21-18/h1-9,18,21H,10H2. The van der Waals surface area contributed by atoms with Crippen molar-refractivity contribution in [2.75, 3.05) is 5.32 Å². The lowest BCUT2D eigenvalue weighted by Crippen LogP contribution is -2.06. The van der Waals surface area contributed by atoms with E-state index in [1.165, 1.54) is 28.5 Å². The van der Waals surface area contributed by atoms with Crippen LogP contribution in [-0.4, -0.2) is 0 Å². The van der Waals surface area contributed by atoms with Crippen LogP contribution in [0.5, 0.6) is 0 Å². The zero-order valence-corrected chi connectivity index (χ0v) is 11.2. The van der Waals surface area contributed by atoms with Gasteiger partial charge in [-0.3, -0.25) is 0 Å². The molecule has 1 atom stereocenters. The molecule has 1 N–H and O–H groups in total. The van der Waals surface area contributed by atoms with Gasteiger partial charge in [0.2, 0.25) is 0 Å². The molecule has 1 heterocycles. The summed E-state index contributed by atoms with van der Waals surface area (Å²) in [5, 5.41) is 5.81. The van der Waals surface area contributed by atoms with E-state index in [0.717, 1.165) is 17.7 Å². The Morgan fingerprint density at radius 3 is 2.62 bits per heavy atom. The summed E-state index contributed by atoms with van der Waals surface area (Å²) in [6.45, 7) is 0. The molecule has 3 aromatic carbocycles. The van der Waals surface area contributed by atoms with E-state index in [1.807, 2.05) is 12.1 Å². The molecule has 4 rings (SSSR count). The average Bonchev–Trinajstić information content (AvgIpc) is 2.94. The molecule has 1 nitrogen and oxygen atoms in total. The molecule has 104 valence electrons. The molecular weight excluding hydrogens is 268 g/mol. The fourth-order valence-corrected chi connectivity index (χ4v) is 3.06. The highest BCUT2D eigenvalue weighted by molar-refractivity contribution is 5.91. The number of rotatable bonds is 1. The number of hydrogen-bond donors (Lipinski definition) is 1. The Bertz CT molecular complexity index is 842. The van der Waals surface area contributed by atoms with Gasteiger partial charge in [-0.2, -0.15) is 0 Å². The van der Waals surface area contributed by atoms with Crippen LogP contribution in [0.15, 0.2) is 54.6 Å². The molecule has 0 radical (unpaired) electrons. The number of hydrogen-bond acceptors (Lipinski definition) is 1. The molecule has 3 heteroatoms. The van der Waals surface area contributed by atoms with Gasteiger partial charge in [-0.25, -0.2) is 8.78 Å². The SMILES string of the molecule is Fc1ccc(C2Cc3c(ccc4ccccc34)N2)cc1F. The van der Waals surface area contributed by atoms with Crippen molar-refractivity contribution >= 4 is 16.5 Å². The third-order valence-electron chi connectivity index (χ3n) is 4.12. The van der Waals surface area contributed by atoms with Crippen molar-refractivity contribution < 1.29 is 8.78 Å². The quantitative estimate of drug-likeness (QED) is 0.674. The predicted molar refractivity (Wildman–Crippen MR) is 80.4 cm³/mol. The Morgan fingerprint density at radius 1 is 0.905 bits per heavy atom. The van der Waals surface area contributed by atoms with Crippen LogP contribution in [0.4, 0.5) is 14.5 Å². The maximum atomic E-state index is 13.4. The van der Waals surface area contributed by atoms with E-state index in [2.05, 4.69) is 29.6 Å². The zero-order valence-electron chi connectivity index (χ0n) is 11.2. The zero-order chi connectivity index (χ0) is 14.4. The maximum Gasteiger partial charge on any atom is 0.159 e. The molecule has 1 aliphatic heterocycles. The van der Waals surface area contributed by atoms with Gasteiger partial charge in [-0.15, -0.1) is 0 Å². The third-order valence-corrected chi connectivity index (χ3v) is 4.12. The smallest absolute Gasteiger partial charge is 0.159 e. The lowest BCUT2D eigenvalue weighted by Gasteiger charge is -2.11. The molecular formula is C18H13F2N. The van der Waals surface area contributed by atoms with E-state index < -0.39 is 11.6 Å². The van der Waals surface area contributed by atoms with Crippen LogP contribution in [0.1, 0.15) is 17.2 Å². The van der Waals surface area contributed by atoms with Crippen molar-refractivity contribution in [1.82, 2.24) is 0 Å². The second-order valence-electron chi connectivity index (χ2n) is 5.39. The molecule has 1 aliphatic rings. The molecule has 0 amide bonds. The highest BCUT2D eigenvalue weighted by Crippen LogP contribution is 2.38. The largest absolute Gasteiger partial charge is 0.378 e. The van der Waals surface area contributed by atoms with Gasteiger partial charge in [0.05, 0.1) is 6.04 Å². The highest BCUT2D eigenvalue weighted by atomic mass is 19.2. The van der Waals surface area contributed by atoms with E-state index >= 15 is 0 Å². The lowest BCUT2D eigenvalue weighted by atomic mass is 9.98. The first-order valence-corrected chi connectivity index (χ1v) is 6.94. The summed E-state index contributed by atoms with van der Waals surface area (Å²) in [7, 11) is 0. The van der Waals surface area contributed by atoms with E-state index in [1.54, 1.807) is 6.07 Å². The van der Waals surface area contributed by atoms with Crippen molar-refractivity contribution in [2.45, 2.75) is 12.5 Å². The predicted octanol–water partition coefficient (Wildman–Crippen LogP) is 4.83. The number of halogens is 2. The van der Waals surface area contributed by atoms with Gasteiger partial charge in [-0.1, -0.05) is 36.4 Å². The van der Waals surface area contributed by atoms with Crippen molar-refractivity contribution in [3.8, 4) is 0 Å². The Hall–Kier alpha value is -2.42. The minimum Gasteiger partial charge on any atom is -0.378 e. The molecule has 0 spiro atoms. The van der Waals surface area contributed by atoms with Crippen LogP contribution in [-0.2, 0) is 6.42 Å². The molecule has 21 heavy (non-hydrogen) atoms. The van der Waals surface area contributed by atoms with E-state index in [-0.39, 0.29) is 6.04 Å². The molecule has 3 aromatic rings. The number of benzene rings is 3. The minimum absolute atomic E-state index is 0.0130. The molecule has 0 fully saturated rings. The van der Waals surface area contributed by atoms with Gasteiger partial charge < -0.3 is 5.32 Å². The Labute approximate surface area is 121 Å². The Kier molecular flexibility index (Phi) is 2.67. The van der Waals surface area contributed by atoms with Gasteiger partial charge in [0.1, 0.15) is 0 Å². The van der Waals surface area contributed by atoms with Crippen LogP contribution in [0.3, 0.4) is 0 Å². The second-order valence-corrected chi connectivity index (χ2v) is 5.39. The van der Waals surface area contributed by atoms with Crippen LogP contribution in [0.2, 0.25) is 0 Å². The summed E-state index contributed by atoms with van der Waals surface area (Å²) in [4.78, 5) is 0. The summed E-state index contributed by atoms with van der Waals surface area (Å²) in [5.74, 6) is -1.60. The van der Waals surface area contributed by atoms with Crippen molar-refractivity contribution in [1.29, 1.82) is 0 Å². The summed E-state index contributed by atoms with van der Waals surface area (Å²) in [6.07, 6.45) is 0.780. The molecule has 0 bridgehead atoms. The highest BCUT2D eigenvalue weighted by Gasteiger charge is 2.24. The van der Waals surface area contributed by atoms with E-state index in [9.17, 15) is 8.78 Å². The van der Waals surface area contributed by atoms with Gasteiger partial charge in [0, 0.05) is 5.69 Å². The van der Waals surface area contributed by atoms with Crippen LogP contribution >= 0.6 is 0 Å². The summed E-state index contributed by atoms with van der Waals surface area (Å²) in [6, 6.07) is 16.5. The van der Waals surface area contributed by atoms with E-state index in [4.69, 9.17) is 0 Å². The van der Waals surface area contributed by atoms with Crippen LogP contribution in [0, 0.1) is 11.6 Å². The maximum absolute atomic E-state index is 13.4. The summed E-state index contributed by atoms with van der Waals surface area (Å²) < 4.78 is 26.5. The van der Waals surface area contributed by atoms with Crippen molar-refractivity contribution in [3.63, 3.8) is 0 Å². The van der Waals surface area contributed by atoms with Crippen LogP contribution < -0.4 is 5.32 Å².